The van der Waals surface area contributed by atoms with Crippen molar-refractivity contribution in [3.8, 4) is 11.1 Å². The number of nitrogens with zero attached hydrogens (tertiary/aromatic N) is 2. The molecule has 3 aromatic heterocycles. The van der Waals surface area contributed by atoms with Gasteiger partial charge in [0, 0.05) is 28.5 Å². The fraction of sp³-hybridized carbons (Fsp3) is 0.341. The molecule has 0 saturated heterocycles. The van der Waals surface area contributed by atoms with Crippen molar-refractivity contribution in [2.24, 2.45) is 0 Å². The highest BCUT2D eigenvalue weighted by Crippen LogP contribution is 2.42. The molecule has 0 saturated carbocycles. The first kappa shape index (κ1) is 32.2. The molecule has 1 aromatic carbocycles. The maximum absolute atomic E-state index is 12.4. The van der Waals surface area contributed by atoms with Crippen LogP contribution in [0.25, 0.3) is 55.5 Å². The number of nitrogens with one attached hydrogen (secondary N) is 2. The molecular formula is C41H46N4O2. The Hall–Kier alpha value is -4.71. The van der Waals surface area contributed by atoms with E-state index in [1.807, 2.05) is 0 Å². The van der Waals surface area contributed by atoms with Gasteiger partial charge < -0.3 is 14.7 Å². The van der Waals surface area contributed by atoms with E-state index in [2.05, 4.69) is 107 Å². The van der Waals surface area contributed by atoms with Crippen LogP contribution in [0.3, 0.4) is 0 Å². The number of aryl methyl sites for hydroxylation is 4. The SMILES string of the molecule is CCCCC1=C(C)c2nc1cc1nc(cc3[nH]c(cc4[nH]c(c(C)c4CCC(=O)OC)c2-c2ccccc2)c(CC)c3C)C(C)=C1C. The molecule has 2 aliphatic heterocycles. The van der Waals surface area contributed by atoms with Crippen LogP contribution in [0.1, 0.15) is 105 Å². The number of esters is 1. The highest BCUT2D eigenvalue weighted by molar-refractivity contribution is 6.01. The number of carbonyl (C=O) groups excluding carboxylic acids is 1. The number of aromatic amines is 2. The molecule has 242 valence electrons. The van der Waals surface area contributed by atoms with Crippen molar-refractivity contribution in [2.75, 3.05) is 7.11 Å². The van der Waals surface area contributed by atoms with Crippen LogP contribution < -0.4 is 0 Å². The van der Waals surface area contributed by atoms with E-state index in [0.717, 1.165) is 92.8 Å². The Morgan fingerprint density at radius 2 is 1.45 bits per heavy atom. The highest BCUT2D eigenvalue weighted by Gasteiger charge is 2.24. The number of fused-ring (bicyclic) bond motifs is 8. The molecule has 6 rings (SSSR count). The Labute approximate surface area is 278 Å². The number of unbranched alkanes of at least 4 members (excludes halogenated alkanes) is 1. The standard InChI is InChI=1S/C41H46N4O2/c1-9-11-17-30-26(6)40-39(28-15-13-12-14-16-28)41-27(7)31(18-19-38(46)47-8)37(45-41)22-35-29(10-2)25(5)34(43-35)20-32-23(3)24(4)33(42-32)21-36(30)44-40/h12-16,20-22,43,45H,9-11,17-19H2,1-8H3. The first-order valence-corrected chi connectivity index (χ1v) is 16.9. The van der Waals surface area contributed by atoms with E-state index in [9.17, 15) is 4.79 Å². The summed E-state index contributed by atoms with van der Waals surface area (Å²) in [5.74, 6) is -0.216. The monoisotopic (exact) mass is 626 g/mol. The van der Waals surface area contributed by atoms with Crippen LogP contribution in [0.15, 0.2) is 48.5 Å². The number of ether oxygens (including phenoxy) is 1. The average Bonchev–Trinajstić information content (AvgIpc) is 3.73. The van der Waals surface area contributed by atoms with Crippen LogP contribution in [0, 0.1) is 13.8 Å². The number of rotatable bonds is 8. The van der Waals surface area contributed by atoms with Crippen molar-refractivity contribution >= 4 is 50.3 Å². The zero-order chi connectivity index (χ0) is 33.4. The number of benzene rings is 1. The lowest BCUT2D eigenvalue weighted by Crippen LogP contribution is -2.02. The third-order valence-electron chi connectivity index (χ3n) is 10.1. The summed E-state index contributed by atoms with van der Waals surface area (Å²) in [6, 6.07) is 17.2. The van der Waals surface area contributed by atoms with Gasteiger partial charge in [-0.3, -0.25) is 4.79 Å². The topological polar surface area (TPSA) is 83.7 Å². The molecule has 0 radical (unpaired) electrons. The second kappa shape index (κ2) is 13.2. The number of hydrogen-bond donors (Lipinski definition) is 2. The molecule has 0 unspecified atom stereocenters. The van der Waals surface area contributed by atoms with Crippen molar-refractivity contribution in [2.45, 2.75) is 87.0 Å². The van der Waals surface area contributed by atoms with Gasteiger partial charge >= 0.3 is 5.97 Å². The third kappa shape index (κ3) is 5.86. The van der Waals surface area contributed by atoms with E-state index < -0.39 is 0 Å². The molecule has 0 fully saturated rings. The molecule has 8 bridgehead atoms. The van der Waals surface area contributed by atoms with Gasteiger partial charge in [0.25, 0.3) is 0 Å². The largest absolute Gasteiger partial charge is 0.469 e. The Kier molecular flexibility index (Phi) is 9.05. The van der Waals surface area contributed by atoms with Crippen LogP contribution in [-0.4, -0.2) is 33.0 Å². The fourth-order valence-electron chi connectivity index (χ4n) is 7.10. The first-order chi connectivity index (χ1) is 22.7. The molecule has 5 heterocycles. The van der Waals surface area contributed by atoms with Gasteiger partial charge in [-0.15, -0.1) is 0 Å². The zero-order valence-corrected chi connectivity index (χ0v) is 29.1. The Morgan fingerprint density at radius 3 is 2.13 bits per heavy atom. The summed E-state index contributed by atoms with van der Waals surface area (Å²) in [6.45, 7) is 15.3. The molecule has 4 aromatic rings. The molecule has 6 nitrogen and oxygen atoms in total. The minimum atomic E-state index is -0.216. The predicted octanol–water partition coefficient (Wildman–Crippen LogP) is 10.3. The third-order valence-corrected chi connectivity index (χ3v) is 10.1. The van der Waals surface area contributed by atoms with Crippen LogP contribution >= 0.6 is 0 Å². The number of methoxy groups -OCH3 is 1. The normalized spacial score (nSPS) is 13.1. The van der Waals surface area contributed by atoms with Crippen molar-refractivity contribution in [3.63, 3.8) is 0 Å². The van der Waals surface area contributed by atoms with Crippen LogP contribution in [0.5, 0.6) is 0 Å². The summed E-state index contributed by atoms with van der Waals surface area (Å²) in [6.07, 6.45) is 4.91. The van der Waals surface area contributed by atoms with Gasteiger partial charge in [-0.05, 0) is 129 Å². The number of allylic oxidation sites excluding steroid dienone is 4. The van der Waals surface area contributed by atoms with Gasteiger partial charge in [0.2, 0.25) is 0 Å². The predicted molar refractivity (Wildman–Crippen MR) is 196 cm³/mol. The maximum Gasteiger partial charge on any atom is 0.305 e. The summed E-state index contributed by atoms with van der Waals surface area (Å²) < 4.78 is 5.06. The molecule has 0 atom stereocenters. The van der Waals surface area contributed by atoms with Crippen molar-refractivity contribution in [1.29, 1.82) is 0 Å². The molecule has 6 heteroatoms. The van der Waals surface area contributed by atoms with Gasteiger partial charge in [-0.2, -0.15) is 0 Å². The summed E-state index contributed by atoms with van der Waals surface area (Å²) in [4.78, 5) is 30.6. The van der Waals surface area contributed by atoms with Crippen LogP contribution in [0.2, 0.25) is 0 Å². The molecule has 47 heavy (non-hydrogen) atoms. The van der Waals surface area contributed by atoms with Crippen LogP contribution in [-0.2, 0) is 22.4 Å². The Bertz CT molecular complexity index is 2110. The van der Waals surface area contributed by atoms with E-state index in [0.29, 0.717) is 12.8 Å². The van der Waals surface area contributed by atoms with Crippen molar-refractivity contribution in [1.82, 2.24) is 19.9 Å². The van der Waals surface area contributed by atoms with E-state index in [4.69, 9.17) is 14.7 Å². The lowest BCUT2D eigenvalue weighted by atomic mass is 9.94. The zero-order valence-electron chi connectivity index (χ0n) is 29.1. The average molecular weight is 627 g/mol. The summed E-state index contributed by atoms with van der Waals surface area (Å²) in [5, 5.41) is 0. The van der Waals surface area contributed by atoms with Gasteiger partial charge in [0.15, 0.2) is 0 Å². The number of aromatic nitrogens is 4. The summed E-state index contributed by atoms with van der Waals surface area (Å²) in [5.41, 5.74) is 19.8. The second-order valence-corrected chi connectivity index (χ2v) is 12.9. The molecule has 2 N–H and O–H groups in total. The van der Waals surface area contributed by atoms with E-state index >= 15 is 0 Å². The molecule has 0 amide bonds. The highest BCUT2D eigenvalue weighted by atomic mass is 16.5. The van der Waals surface area contributed by atoms with E-state index in [-0.39, 0.29) is 5.97 Å². The van der Waals surface area contributed by atoms with Crippen molar-refractivity contribution in [3.05, 3.63) is 93.6 Å². The number of hydrogen-bond acceptors (Lipinski definition) is 4. The number of carbonyl (C=O) groups is 1. The fourth-order valence-corrected chi connectivity index (χ4v) is 7.10. The number of H-pyrrole nitrogens is 2. The molecule has 0 aliphatic carbocycles. The van der Waals surface area contributed by atoms with E-state index in [1.54, 1.807) is 0 Å². The smallest absolute Gasteiger partial charge is 0.305 e. The van der Waals surface area contributed by atoms with Crippen LogP contribution in [0.4, 0.5) is 0 Å². The molecular weight excluding hydrogens is 580 g/mol. The second-order valence-electron chi connectivity index (χ2n) is 12.9. The van der Waals surface area contributed by atoms with E-state index in [1.165, 1.54) is 40.5 Å². The Balaban J connectivity index is 1.84. The lowest BCUT2D eigenvalue weighted by Gasteiger charge is -2.09. The minimum absolute atomic E-state index is 0.216. The lowest BCUT2D eigenvalue weighted by molar-refractivity contribution is -0.140. The summed E-state index contributed by atoms with van der Waals surface area (Å²) >= 11 is 0. The van der Waals surface area contributed by atoms with Gasteiger partial charge in [0.1, 0.15) is 0 Å². The molecule has 0 spiro atoms. The Morgan fingerprint density at radius 1 is 0.745 bits per heavy atom. The van der Waals surface area contributed by atoms with Gasteiger partial charge in [-0.25, -0.2) is 9.97 Å². The summed E-state index contributed by atoms with van der Waals surface area (Å²) in [7, 11) is 1.45. The van der Waals surface area contributed by atoms with Crippen molar-refractivity contribution < 1.29 is 9.53 Å². The minimum Gasteiger partial charge on any atom is -0.469 e. The van der Waals surface area contributed by atoms with Gasteiger partial charge in [0.05, 0.1) is 35.4 Å². The first-order valence-electron chi connectivity index (χ1n) is 16.9. The maximum atomic E-state index is 12.4. The van der Waals surface area contributed by atoms with Gasteiger partial charge in [-0.1, -0.05) is 50.6 Å². The molecule has 2 aliphatic rings. The quantitative estimate of drug-likeness (QED) is 0.191.